The van der Waals surface area contributed by atoms with Gasteiger partial charge < -0.3 is 10.5 Å². The highest BCUT2D eigenvalue weighted by atomic mass is 35.5. The van der Waals surface area contributed by atoms with E-state index in [1.807, 2.05) is 0 Å². The van der Waals surface area contributed by atoms with Crippen molar-refractivity contribution in [3.8, 4) is 5.75 Å². The largest absolute Gasteiger partial charge is 0.488 e. The van der Waals surface area contributed by atoms with E-state index in [1.165, 1.54) is 6.07 Å². The molecule has 0 atom stereocenters. The van der Waals surface area contributed by atoms with Gasteiger partial charge in [0.1, 0.15) is 12.4 Å². The molecule has 0 bridgehead atoms. The molecule has 0 fully saturated rings. The van der Waals surface area contributed by atoms with Crippen molar-refractivity contribution in [2.45, 2.75) is 6.61 Å². The van der Waals surface area contributed by atoms with Crippen LogP contribution in [0.1, 0.15) is 15.9 Å². The summed E-state index contributed by atoms with van der Waals surface area (Å²) in [4.78, 5) is 11.4. The van der Waals surface area contributed by atoms with Crippen LogP contribution in [0.5, 0.6) is 5.75 Å². The molecular weight excluding hydrogens is 321 g/mol. The minimum Gasteiger partial charge on any atom is -0.488 e. The summed E-state index contributed by atoms with van der Waals surface area (Å²) in [5, 5.41) is 1.39. The number of benzene rings is 2. The minimum atomic E-state index is -0.618. The number of rotatable bonds is 4. The van der Waals surface area contributed by atoms with Crippen LogP contribution in [0.2, 0.25) is 15.1 Å². The van der Waals surface area contributed by atoms with Gasteiger partial charge >= 0.3 is 0 Å². The lowest BCUT2D eigenvalue weighted by Crippen LogP contribution is -2.13. The molecule has 0 saturated carbocycles. The van der Waals surface area contributed by atoms with Gasteiger partial charge in [0.05, 0.1) is 5.56 Å². The molecular formula is C14H10Cl3NO2. The molecule has 0 unspecified atom stereocenters. The monoisotopic (exact) mass is 329 g/mol. The Balaban J connectivity index is 2.25. The average molecular weight is 331 g/mol. The van der Waals surface area contributed by atoms with E-state index in [9.17, 15) is 4.79 Å². The van der Waals surface area contributed by atoms with Crippen LogP contribution in [0.25, 0.3) is 0 Å². The number of ether oxygens (including phenoxy) is 1. The average Bonchev–Trinajstić information content (AvgIpc) is 2.39. The van der Waals surface area contributed by atoms with Crippen LogP contribution in [0, 0.1) is 0 Å². The Morgan fingerprint density at radius 2 is 1.75 bits per heavy atom. The van der Waals surface area contributed by atoms with Crippen molar-refractivity contribution in [2.24, 2.45) is 5.73 Å². The van der Waals surface area contributed by atoms with Gasteiger partial charge in [-0.15, -0.1) is 0 Å². The van der Waals surface area contributed by atoms with E-state index in [4.69, 9.17) is 45.3 Å². The van der Waals surface area contributed by atoms with Crippen molar-refractivity contribution in [1.82, 2.24) is 0 Å². The molecule has 0 aromatic heterocycles. The van der Waals surface area contributed by atoms with Crippen LogP contribution in [-0.2, 0) is 6.61 Å². The van der Waals surface area contributed by atoms with Crippen molar-refractivity contribution in [2.75, 3.05) is 0 Å². The van der Waals surface area contributed by atoms with E-state index < -0.39 is 5.91 Å². The third kappa shape index (κ3) is 3.37. The summed E-state index contributed by atoms with van der Waals surface area (Å²) < 4.78 is 5.57. The van der Waals surface area contributed by atoms with Crippen molar-refractivity contribution in [3.63, 3.8) is 0 Å². The molecule has 3 nitrogen and oxygen atoms in total. The summed E-state index contributed by atoms with van der Waals surface area (Å²) in [7, 11) is 0. The van der Waals surface area contributed by atoms with Gasteiger partial charge in [-0.05, 0) is 30.3 Å². The number of hydrogen-bond donors (Lipinski definition) is 1. The molecule has 20 heavy (non-hydrogen) atoms. The maximum absolute atomic E-state index is 11.4. The molecule has 0 aliphatic carbocycles. The molecule has 2 aromatic rings. The molecule has 6 heteroatoms. The molecule has 0 aliphatic rings. The van der Waals surface area contributed by atoms with Gasteiger partial charge in [-0.1, -0.05) is 40.9 Å². The van der Waals surface area contributed by atoms with Gasteiger partial charge in [-0.25, -0.2) is 0 Å². The summed E-state index contributed by atoms with van der Waals surface area (Å²) >= 11 is 17.9. The fourth-order valence-electron chi connectivity index (χ4n) is 1.64. The first kappa shape index (κ1) is 15.0. The molecule has 0 spiro atoms. The third-order valence-corrected chi connectivity index (χ3v) is 3.58. The Labute approximate surface area is 131 Å². The zero-order valence-electron chi connectivity index (χ0n) is 10.2. The quantitative estimate of drug-likeness (QED) is 0.907. The van der Waals surface area contributed by atoms with Crippen LogP contribution in [0.3, 0.4) is 0 Å². The maximum atomic E-state index is 11.4. The second-order valence-electron chi connectivity index (χ2n) is 3.99. The normalized spacial score (nSPS) is 10.3. The number of hydrogen-bond acceptors (Lipinski definition) is 2. The van der Waals surface area contributed by atoms with Crippen molar-refractivity contribution >= 4 is 40.7 Å². The van der Waals surface area contributed by atoms with Gasteiger partial charge in [-0.2, -0.15) is 0 Å². The first-order chi connectivity index (χ1) is 9.49. The van der Waals surface area contributed by atoms with Gasteiger partial charge in [0.15, 0.2) is 0 Å². The second kappa shape index (κ2) is 6.35. The lowest BCUT2D eigenvalue weighted by molar-refractivity contribution is 0.0996. The highest BCUT2D eigenvalue weighted by molar-refractivity contribution is 6.36. The van der Waals surface area contributed by atoms with E-state index in [1.54, 1.807) is 30.3 Å². The number of halogens is 3. The van der Waals surface area contributed by atoms with E-state index >= 15 is 0 Å². The maximum Gasteiger partial charge on any atom is 0.252 e. The predicted octanol–water partition coefficient (Wildman–Crippen LogP) is 4.32. The number of carbonyl (C=O) groups excluding carboxylic acids is 1. The Morgan fingerprint density at radius 1 is 1.10 bits per heavy atom. The first-order valence-electron chi connectivity index (χ1n) is 5.64. The lowest BCUT2D eigenvalue weighted by Gasteiger charge is -2.12. The van der Waals surface area contributed by atoms with Crippen molar-refractivity contribution in [1.29, 1.82) is 0 Å². The Morgan fingerprint density at radius 3 is 2.35 bits per heavy atom. The molecule has 104 valence electrons. The van der Waals surface area contributed by atoms with E-state index in [-0.39, 0.29) is 12.2 Å². The fourth-order valence-corrected chi connectivity index (χ4v) is 2.32. The number of amides is 1. The molecule has 0 aliphatic heterocycles. The van der Waals surface area contributed by atoms with E-state index in [0.717, 1.165) is 0 Å². The van der Waals surface area contributed by atoms with Crippen LogP contribution in [0.15, 0.2) is 36.4 Å². The highest BCUT2D eigenvalue weighted by Gasteiger charge is 2.12. The van der Waals surface area contributed by atoms with Crippen LogP contribution in [-0.4, -0.2) is 5.91 Å². The number of primary amides is 1. The van der Waals surface area contributed by atoms with Crippen LogP contribution >= 0.6 is 34.8 Å². The summed E-state index contributed by atoms with van der Waals surface area (Å²) in [6, 6.07) is 9.80. The number of carbonyl (C=O) groups is 1. The predicted molar refractivity (Wildman–Crippen MR) is 80.8 cm³/mol. The van der Waals surface area contributed by atoms with E-state index in [0.29, 0.717) is 26.4 Å². The third-order valence-electron chi connectivity index (χ3n) is 2.64. The topological polar surface area (TPSA) is 52.3 Å². The second-order valence-corrected chi connectivity index (χ2v) is 5.24. The molecule has 2 N–H and O–H groups in total. The highest BCUT2D eigenvalue weighted by Crippen LogP contribution is 2.28. The molecule has 2 aromatic carbocycles. The summed E-state index contributed by atoms with van der Waals surface area (Å²) in [6.45, 7) is 0.125. The SMILES string of the molecule is NC(=O)c1cc(Cl)ccc1OCc1c(Cl)cccc1Cl. The smallest absolute Gasteiger partial charge is 0.252 e. The minimum absolute atomic E-state index is 0.125. The van der Waals surface area contributed by atoms with Gasteiger partial charge in [0.25, 0.3) is 5.91 Å². The summed E-state index contributed by atoms with van der Waals surface area (Å²) in [6.07, 6.45) is 0. The number of nitrogens with two attached hydrogens (primary N) is 1. The Bertz CT molecular complexity index is 639. The Kier molecular flexibility index (Phi) is 4.76. The summed E-state index contributed by atoms with van der Waals surface area (Å²) in [5.74, 6) is -0.286. The zero-order valence-corrected chi connectivity index (χ0v) is 12.5. The molecule has 2 rings (SSSR count). The van der Waals surface area contributed by atoms with Crippen LogP contribution in [0.4, 0.5) is 0 Å². The van der Waals surface area contributed by atoms with Crippen molar-refractivity contribution in [3.05, 3.63) is 62.6 Å². The first-order valence-corrected chi connectivity index (χ1v) is 6.77. The van der Waals surface area contributed by atoms with Gasteiger partial charge in [0.2, 0.25) is 0 Å². The van der Waals surface area contributed by atoms with Crippen molar-refractivity contribution < 1.29 is 9.53 Å². The van der Waals surface area contributed by atoms with Gasteiger partial charge in [0, 0.05) is 20.6 Å². The molecule has 0 radical (unpaired) electrons. The molecule has 0 heterocycles. The molecule has 1 amide bonds. The fraction of sp³-hybridized carbons (Fsp3) is 0.0714. The standard InChI is InChI=1S/C14H10Cl3NO2/c15-8-4-5-13(9(6-8)14(18)19)20-7-10-11(16)2-1-3-12(10)17/h1-6H,7H2,(H2,18,19). The van der Waals surface area contributed by atoms with Crippen LogP contribution < -0.4 is 10.5 Å². The van der Waals surface area contributed by atoms with Gasteiger partial charge in [-0.3, -0.25) is 4.79 Å². The Hall–Kier alpha value is -1.42. The molecule has 0 saturated heterocycles. The zero-order chi connectivity index (χ0) is 14.7. The summed E-state index contributed by atoms with van der Waals surface area (Å²) in [5.41, 5.74) is 6.13. The lowest BCUT2D eigenvalue weighted by atomic mass is 10.2. The van der Waals surface area contributed by atoms with E-state index in [2.05, 4.69) is 0 Å².